The summed E-state index contributed by atoms with van der Waals surface area (Å²) in [5, 5.41) is -0.464. The van der Waals surface area contributed by atoms with Gasteiger partial charge in [0.2, 0.25) is 0 Å². The second-order valence-electron chi connectivity index (χ2n) is 4.00. The lowest BCUT2D eigenvalue weighted by atomic mass is 9.96. The Morgan fingerprint density at radius 2 is 1.53 bits per heavy atom. The minimum absolute atomic E-state index is 0.374. The maximum Gasteiger partial charge on any atom is 0.289 e. The molecule has 0 radical (unpaired) electrons. The van der Waals surface area contributed by atoms with E-state index in [1.807, 2.05) is 30.3 Å². The SMILES string of the molecule is COC(OC)(OC)C([SiH3])(CCl)c1ccccc1. The lowest BCUT2D eigenvalue weighted by molar-refractivity contribution is -0.370. The van der Waals surface area contributed by atoms with Crippen molar-refractivity contribution in [3.8, 4) is 0 Å². The molecule has 1 atom stereocenters. The number of ether oxygens (including phenoxy) is 3. The molecule has 0 aliphatic rings. The van der Waals surface area contributed by atoms with Gasteiger partial charge in [0.15, 0.2) is 0 Å². The van der Waals surface area contributed by atoms with E-state index in [1.165, 1.54) is 0 Å². The smallest absolute Gasteiger partial charge is 0.289 e. The number of hydrogen-bond donors (Lipinski definition) is 0. The van der Waals surface area contributed by atoms with Crippen molar-refractivity contribution in [1.82, 2.24) is 0 Å². The van der Waals surface area contributed by atoms with Gasteiger partial charge in [-0.05, 0) is 5.56 Å². The van der Waals surface area contributed by atoms with E-state index < -0.39 is 11.0 Å². The fraction of sp³-hybridized carbons (Fsp3) is 0.500. The molecule has 96 valence electrons. The van der Waals surface area contributed by atoms with Crippen LogP contribution in [0.4, 0.5) is 0 Å². The van der Waals surface area contributed by atoms with Gasteiger partial charge in [0, 0.05) is 37.5 Å². The lowest BCUT2D eigenvalue weighted by Gasteiger charge is -2.43. The van der Waals surface area contributed by atoms with E-state index in [0.717, 1.165) is 15.8 Å². The highest BCUT2D eigenvalue weighted by Gasteiger charge is 2.51. The molecule has 0 aliphatic heterocycles. The zero-order valence-corrected chi connectivity index (χ0v) is 13.5. The van der Waals surface area contributed by atoms with E-state index in [2.05, 4.69) is 0 Å². The minimum Gasteiger partial charge on any atom is -0.330 e. The molecular weight excluding hydrogens is 256 g/mol. The number of benzene rings is 1. The van der Waals surface area contributed by atoms with Crippen molar-refractivity contribution in [2.45, 2.75) is 11.0 Å². The Morgan fingerprint density at radius 1 is 1.06 bits per heavy atom. The standard InChI is InChI=1S/C12H19ClO3Si/c1-14-12(15-2,16-3)11(17,9-13)10-7-5-4-6-8-10/h4-8H,9H2,1-3,17H3. The molecule has 0 N–H and O–H groups in total. The van der Waals surface area contributed by atoms with Crippen molar-refractivity contribution >= 4 is 21.8 Å². The Bertz CT molecular complexity index is 335. The topological polar surface area (TPSA) is 27.7 Å². The Morgan fingerprint density at radius 3 is 1.88 bits per heavy atom. The summed E-state index contributed by atoms with van der Waals surface area (Å²) in [4.78, 5) is 0. The van der Waals surface area contributed by atoms with Crippen LogP contribution in [0.25, 0.3) is 0 Å². The summed E-state index contributed by atoms with van der Waals surface area (Å²) in [6.07, 6.45) is 0. The molecule has 0 fully saturated rings. The van der Waals surface area contributed by atoms with Gasteiger partial charge in [0.05, 0.1) is 5.04 Å². The Labute approximate surface area is 110 Å². The van der Waals surface area contributed by atoms with Crippen LogP contribution in [0, 0.1) is 0 Å². The van der Waals surface area contributed by atoms with Gasteiger partial charge in [-0.15, -0.1) is 11.6 Å². The number of halogens is 1. The maximum atomic E-state index is 6.16. The van der Waals surface area contributed by atoms with E-state index in [1.54, 1.807) is 21.3 Å². The van der Waals surface area contributed by atoms with Crippen LogP contribution >= 0.6 is 11.6 Å². The number of rotatable bonds is 6. The molecule has 0 heterocycles. The molecule has 1 aromatic carbocycles. The summed E-state index contributed by atoms with van der Waals surface area (Å²) < 4.78 is 16.4. The molecule has 0 bridgehead atoms. The number of hydrogen-bond acceptors (Lipinski definition) is 3. The van der Waals surface area contributed by atoms with Crippen LogP contribution in [-0.2, 0) is 19.2 Å². The van der Waals surface area contributed by atoms with Crippen molar-refractivity contribution in [2.75, 3.05) is 27.2 Å². The van der Waals surface area contributed by atoms with Crippen molar-refractivity contribution in [2.24, 2.45) is 0 Å². The monoisotopic (exact) mass is 274 g/mol. The van der Waals surface area contributed by atoms with Gasteiger partial charge in [0.1, 0.15) is 0 Å². The van der Waals surface area contributed by atoms with Crippen LogP contribution in [0.15, 0.2) is 30.3 Å². The third-order valence-corrected chi connectivity index (χ3v) is 5.69. The van der Waals surface area contributed by atoms with Gasteiger partial charge in [-0.2, -0.15) is 0 Å². The van der Waals surface area contributed by atoms with E-state index >= 15 is 0 Å². The first-order chi connectivity index (χ1) is 8.10. The normalized spacial score (nSPS) is 15.8. The fourth-order valence-electron chi connectivity index (χ4n) is 2.07. The summed E-state index contributed by atoms with van der Waals surface area (Å²) in [6, 6.07) is 9.94. The summed E-state index contributed by atoms with van der Waals surface area (Å²) >= 11 is 6.16. The summed E-state index contributed by atoms with van der Waals surface area (Å²) in [6.45, 7) is 0. The van der Waals surface area contributed by atoms with E-state index in [9.17, 15) is 0 Å². The van der Waals surface area contributed by atoms with Crippen LogP contribution in [-0.4, -0.2) is 43.4 Å². The molecule has 0 amide bonds. The average molecular weight is 275 g/mol. The molecule has 1 unspecified atom stereocenters. The fourth-order valence-corrected chi connectivity index (χ4v) is 3.33. The predicted molar refractivity (Wildman–Crippen MR) is 72.5 cm³/mol. The van der Waals surface area contributed by atoms with Crippen LogP contribution in [0.5, 0.6) is 0 Å². The van der Waals surface area contributed by atoms with E-state index in [-0.39, 0.29) is 0 Å². The number of alkyl halides is 1. The quantitative estimate of drug-likeness (QED) is 0.441. The van der Waals surface area contributed by atoms with Gasteiger partial charge in [0.25, 0.3) is 5.97 Å². The molecule has 0 spiro atoms. The summed E-state index contributed by atoms with van der Waals surface area (Å²) in [7, 11) is 5.43. The summed E-state index contributed by atoms with van der Waals surface area (Å²) in [5.74, 6) is -0.763. The zero-order chi connectivity index (χ0) is 12.9. The molecule has 1 rings (SSSR count). The van der Waals surface area contributed by atoms with Gasteiger partial charge in [-0.3, -0.25) is 0 Å². The first-order valence-corrected chi connectivity index (χ1v) is 6.90. The van der Waals surface area contributed by atoms with Crippen LogP contribution in [0.3, 0.4) is 0 Å². The highest BCUT2D eigenvalue weighted by Crippen LogP contribution is 2.37. The third kappa shape index (κ3) is 2.41. The largest absolute Gasteiger partial charge is 0.330 e. The Kier molecular flexibility index (Phi) is 5.16. The molecular formula is C12H19ClO3Si. The molecule has 0 aromatic heterocycles. The first-order valence-electron chi connectivity index (χ1n) is 5.37. The third-order valence-electron chi connectivity index (χ3n) is 3.16. The molecule has 0 aliphatic carbocycles. The molecule has 1 aromatic rings. The Hall–Kier alpha value is -0.393. The van der Waals surface area contributed by atoms with Gasteiger partial charge < -0.3 is 14.2 Å². The minimum atomic E-state index is -1.14. The zero-order valence-electron chi connectivity index (χ0n) is 10.7. The lowest BCUT2D eigenvalue weighted by Crippen LogP contribution is -2.57. The van der Waals surface area contributed by atoms with Crippen molar-refractivity contribution < 1.29 is 14.2 Å². The molecule has 0 saturated carbocycles. The highest BCUT2D eigenvalue weighted by molar-refractivity contribution is 6.27. The first kappa shape index (κ1) is 14.7. The van der Waals surface area contributed by atoms with E-state index in [0.29, 0.717) is 5.88 Å². The van der Waals surface area contributed by atoms with Crippen molar-refractivity contribution in [3.63, 3.8) is 0 Å². The van der Waals surface area contributed by atoms with Gasteiger partial charge in [-0.25, -0.2) is 0 Å². The highest BCUT2D eigenvalue weighted by atomic mass is 35.5. The van der Waals surface area contributed by atoms with Crippen LogP contribution < -0.4 is 0 Å². The maximum absolute atomic E-state index is 6.16. The van der Waals surface area contributed by atoms with Crippen LogP contribution in [0.1, 0.15) is 5.56 Å². The molecule has 17 heavy (non-hydrogen) atoms. The van der Waals surface area contributed by atoms with Gasteiger partial charge in [-0.1, -0.05) is 30.3 Å². The second kappa shape index (κ2) is 5.98. The van der Waals surface area contributed by atoms with Gasteiger partial charge >= 0.3 is 0 Å². The predicted octanol–water partition coefficient (Wildman–Crippen LogP) is 1.08. The molecule has 5 heteroatoms. The van der Waals surface area contributed by atoms with E-state index in [4.69, 9.17) is 25.8 Å². The Balaban J connectivity index is 3.28. The average Bonchev–Trinajstić information content (AvgIpc) is 2.42. The van der Waals surface area contributed by atoms with Crippen molar-refractivity contribution in [1.29, 1.82) is 0 Å². The van der Waals surface area contributed by atoms with Crippen LogP contribution in [0.2, 0.25) is 0 Å². The molecule has 0 saturated heterocycles. The second-order valence-corrected chi connectivity index (χ2v) is 5.97. The number of methoxy groups -OCH3 is 3. The summed E-state index contributed by atoms with van der Waals surface area (Å²) in [5.41, 5.74) is 1.06. The van der Waals surface area contributed by atoms with Crippen molar-refractivity contribution in [3.05, 3.63) is 35.9 Å². The molecule has 3 nitrogen and oxygen atoms in total.